The van der Waals surface area contributed by atoms with E-state index < -0.39 is 53.2 Å². The zero-order chi connectivity index (χ0) is 21.8. The second-order valence-electron chi connectivity index (χ2n) is 7.78. The van der Waals surface area contributed by atoms with Gasteiger partial charge in [0.05, 0.1) is 0 Å². The predicted molar refractivity (Wildman–Crippen MR) is 103 cm³/mol. The van der Waals surface area contributed by atoms with E-state index in [1.807, 2.05) is 0 Å². The highest BCUT2D eigenvalue weighted by atomic mass is 19.3. The Balaban J connectivity index is 1.85. The molecule has 1 saturated carbocycles. The third-order valence-electron chi connectivity index (χ3n) is 5.80. The van der Waals surface area contributed by atoms with Crippen molar-refractivity contribution in [2.45, 2.75) is 57.8 Å². The molecule has 0 aliphatic heterocycles. The Bertz CT molecular complexity index is 874. The molecule has 2 aromatic rings. The molecule has 0 atom stereocenters. The van der Waals surface area contributed by atoms with Gasteiger partial charge in [0.1, 0.15) is 6.61 Å². The van der Waals surface area contributed by atoms with E-state index in [-0.39, 0.29) is 11.5 Å². The Morgan fingerprint density at radius 2 is 1.43 bits per heavy atom. The van der Waals surface area contributed by atoms with Crippen molar-refractivity contribution in [1.82, 2.24) is 0 Å². The van der Waals surface area contributed by atoms with Crippen LogP contribution < -0.4 is 4.74 Å². The summed E-state index contributed by atoms with van der Waals surface area (Å²) in [6, 6.07) is 4.59. The molecule has 0 saturated heterocycles. The molecule has 0 amide bonds. The standard InChI is InChI=1S/C23H24F6O/c1-2-3-13-4-6-14(7-5-13)15-8-9-16(21(27)20(15)26)17-10-11-18(23(29)22(17)28)30-12-19(24)25/h8-11,13-14,19H,2-7,12H2,1H3. The maximum atomic E-state index is 14.8. The van der Waals surface area contributed by atoms with E-state index >= 15 is 0 Å². The van der Waals surface area contributed by atoms with E-state index in [9.17, 15) is 26.3 Å². The van der Waals surface area contributed by atoms with Crippen LogP contribution in [0.15, 0.2) is 24.3 Å². The zero-order valence-corrected chi connectivity index (χ0v) is 16.7. The van der Waals surface area contributed by atoms with Crippen LogP contribution in [0.5, 0.6) is 5.75 Å². The van der Waals surface area contributed by atoms with Crippen LogP contribution in [0.25, 0.3) is 11.1 Å². The van der Waals surface area contributed by atoms with E-state index in [0.29, 0.717) is 5.92 Å². The summed E-state index contributed by atoms with van der Waals surface area (Å²) in [5, 5.41) is 0. The van der Waals surface area contributed by atoms with E-state index in [1.165, 1.54) is 12.1 Å². The highest BCUT2D eigenvalue weighted by molar-refractivity contribution is 5.66. The van der Waals surface area contributed by atoms with Gasteiger partial charge in [-0.1, -0.05) is 31.9 Å². The molecule has 0 unspecified atom stereocenters. The van der Waals surface area contributed by atoms with Crippen LogP contribution >= 0.6 is 0 Å². The van der Waals surface area contributed by atoms with Crippen molar-refractivity contribution < 1.29 is 31.1 Å². The van der Waals surface area contributed by atoms with Gasteiger partial charge in [-0.3, -0.25) is 0 Å². The average Bonchev–Trinajstić information content (AvgIpc) is 2.72. The van der Waals surface area contributed by atoms with E-state index in [2.05, 4.69) is 11.7 Å². The number of alkyl halides is 2. The number of hydrogen-bond acceptors (Lipinski definition) is 1. The predicted octanol–water partition coefficient (Wildman–Crippen LogP) is 7.63. The lowest BCUT2D eigenvalue weighted by atomic mass is 9.77. The van der Waals surface area contributed by atoms with Gasteiger partial charge in [-0.15, -0.1) is 0 Å². The molecule has 0 heterocycles. The highest BCUT2D eigenvalue weighted by Gasteiger charge is 2.27. The smallest absolute Gasteiger partial charge is 0.272 e. The van der Waals surface area contributed by atoms with Crippen LogP contribution in [0.4, 0.5) is 26.3 Å². The Labute approximate surface area is 172 Å². The van der Waals surface area contributed by atoms with Crippen LogP contribution in [-0.4, -0.2) is 13.0 Å². The van der Waals surface area contributed by atoms with Gasteiger partial charge in [0.25, 0.3) is 6.43 Å². The van der Waals surface area contributed by atoms with Crippen molar-refractivity contribution in [3.63, 3.8) is 0 Å². The summed E-state index contributed by atoms with van der Waals surface area (Å²) in [5.74, 6) is -5.50. The van der Waals surface area contributed by atoms with Crippen molar-refractivity contribution in [3.8, 4) is 16.9 Å². The normalized spacial score (nSPS) is 19.3. The molecule has 30 heavy (non-hydrogen) atoms. The Kier molecular flexibility index (Phi) is 7.32. The van der Waals surface area contributed by atoms with Crippen molar-refractivity contribution in [2.75, 3.05) is 6.61 Å². The Morgan fingerprint density at radius 1 is 0.833 bits per heavy atom. The minimum absolute atomic E-state index is 0.103. The summed E-state index contributed by atoms with van der Waals surface area (Å²) >= 11 is 0. The molecule has 3 rings (SSSR count). The largest absolute Gasteiger partial charge is 0.484 e. The van der Waals surface area contributed by atoms with E-state index in [1.54, 1.807) is 0 Å². The molecular weight excluding hydrogens is 406 g/mol. The third kappa shape index (κ3) is 4.76. The lowest BCUT2D eigenvalue weighted by Gasteiger charge is -2.29. The van der Waals surface area contributed by atoms with Gasteiger partial charge < -0.3 is 4.74 Å². The van der Waals surface area contributed by atoms with Crippen molar-refractivity contribution in [3.05, 3.63) is 53.1 Å². The van der Waals surface area contributed by atoms with Crippen LogP contribution in [0.1, 0.15) is 56.9 Å². The summed E-state index contributed by atoms with van der Waals surface area (Å²) in [4.78, 5) is 0. The van der Waals surface area contributed by atoms with Gasteiger partial charge in [0.15, 0.2) is 23.2 Å². The molecule has 7 heteroatoms. The van der Waals surface area contributed by atoms with Crippen LogP contribution in [0, 0.1) is 29.2 Å². The van der Waals surface area contributed by atoms with Gasteiger partial charge in [-0.05, 0) is 55.2 Å². The molecular formula is C23H24F6O. The van der Waals surface area contributed by atoms with Gasteiger partial charge in [0, 0.05) is 11.1 Å². The monoisotopic (exact) mass is 430 g/mol. The van der Waals surface area contributed by atoms with Gasteiger partial charge in [0.2, 0.25) is 5.82 Å². The molecule has 1 fully saturated rings. The number of halogens is 6. The lowest BCUT2D eigenvalue weighted by molar-refractivity contribution is 0.0795. The minimum Gasteiger partial charge on any atom is -0.484 e. The quantitative estimate of drug-likeness (QED) is 0.411. The number of hydrogen-bond donors (Lipinski definition) is 0. The second-order valence-corrected chi connectivity index (χ2v) is 7.78. The number of ether oxygens (including phenoxy) is 1. The molecule has 1 aliphatic rings. The van der Waals surface area contributed by atoms with Gasteiger partial charge in [-0.25, -0.2) is 22.0 Å². The number of benzene rings is 2. The van der Waals surface area contributed by atoms with E-state index in [4.69, 9.17) is 0 Å². The summed E-state index contributed by atoms with van der Waals surface area (Å²) < 4.78 is 87.1. The molecule has 0 radical (unpaired) electrons. The Hall–Kier alpha value is -2.18. The van der Waals surface area contributed by atoms with Crippen molar-refractivity contribution >= 4 is 0 Å². The average molecular weight is 430 g/mol. The lowest BCUT2D eigenvalue weighted by Crippen LogP contribution is -2.15. The minimum atomic E-state index is -2.86. The SMILES string of the molecule is CCCC1CCC(c2ccc(-c3ccc(OCC(F)F)c(F)c3F)c(F)c2F)CC1. The fraction of sp³-hybridized carbons (Fsp3) is 0.478. The number of rotatable bonds is 7. The second kappa shape index (κ2) is 9.75. The third-order valence-corrected chi connectivity index (χ3v) is 5.80. The first kappa shape index (κ1) is 22.5. The molecule has 1 nitrogen and oxygen atoms in total. The molecule has 0 bridgehead atoms. The van der Waals surface area contributed by atoms with Crippen LogP contribution in [0.2, 0.25) is 0 Å². The van der Waals surface area contributed by atoms with Crippen molar-refractivity contribution in [1.29, 1.82) is 0 Å². The molecule has 1 aliphatic carbocycles. The molecule has 2 aromatic carbocycles. The molecule has 0 aromatic heterocycles. The summed E-state index contributed by atoms with van der Waals surface area (Å²) in [7, 11) is 0. The van der Waals surface area contributed by atoms with E-state index in [0.717, 1.165) is 50.7 Å². The first-order chi connectivity index (χ1) is 14.3. The first-order valence-corrected chi connectivity index (χ1v) is 10.2. The van der Waals surface area contributed by atoms with Crippen LogP contribution in [-0.2, 0) is 0 Å². The topological polar surface area (TPSA) is 9.23 Å². The van der Waals surface area contributed by atoms with Crippen LogP contribution in [0.3, 0.4) is 0 Å². The van der Waals surface area contributed by atoms with Gasteiger partial charge in [-0.2, -0.15) is 4.39 Å². The maximum absolute atomic E-state index is 14.8. The maximum Gasteiger partial charge on any atom is 0.272 e. The molecule has 164 valence electrons. The summed E-state index contributed by atoms with van der Waals surface area (Å²) in [6.45, 7) is 1.02. The zero-order valence-electron chi connectivity index (χ0n) is 16.7. The fourth-order valence-electron chi connectivity index (χ4n) is 4.26. The molecule has 0 spiro atoms. The summed E-state index contributed by atoms with van der Waals surface area (Å²) in [5.41, 5.74) is -0.664. The van der Waals surface area contributed by atoms with Gasteiger partial charge >= 0.3 is 0 Å². The van der Waals surface area contributed by atoms with Crippen molar-refractivity contribution in [2.24, 2.45) is 5.92 Å². The summed E-state index contributed by atoms with van der Waals surface area (Å²) in [6.07, 6.45) is 2.82. The highest BCUT2D eigenvalue weighted by Crippen LogP contribution is 2.40. The first-order valence-electron chi connectivity index (χ1n) is 10.2. The Morgan fingerprint density at radius 3 is 2.03 bits per heavy atom. The fourth-order valence-corrected chi connectivity index (χ4v) is 4.26. The molecule has 0 N–H and O–H groups in total.